The first kappa shape index (κ1) is 9.93. The van der Waals surface area contributed by atoms with Crippen LogP contribution in [0.3, 0.4) is 0 Å². The van der Waals surface area contributed by atoms with E-state index in [1.54, 1.807) is 6.07 Å². The van der Waals surface area contributed by atoms with Gasteiger partial charge in [-0.15, -0.1) is 0 Å². The Hall–Kier alpha value is -1.61. The van der Waals surface area contributed by atoms with Crippen LogP contribution in [0.4, 0.5) is 10.1 Å². The highest BCUT2D eigenvalue weighted by Crippen LogP contribution is 2.30. The molecular formula is C12H8FNS. The van der Waals surface area contributed by atoms with Gasteiger partial charge in [0, 0.05) is 24.1 Å². The van der Waals surface area contributed by atoms with Gasteiger partial charge in [0.05, 0.1) is 5.69 Å². The van der Waals surface area contributed by atoms with Crippen molar-refractivity contribution in [2.75, 3.05) is 0 Å². The van der Waals surface area contributed by atoms with E-state index < -0.39 is 0 Å². The minimum Gasteiger partial charge on any atom is -0.207 e. The van der Waals surface area contributed by atoms with Crippen molar-refractivity contribution in [3.8, 4) is 11.1 Å². The summed E-state index contributed by atoms with van der Waals surface area (Å²) in [5, 5.41) is 0. The lowest BCUT2D eigenvalue weighted by Gasteiger charge is -2.04. The molecule has 0 fully saturated rings. The molecule has 0 atom stereocenters. The SMILES string of the molecule is Fc1ccc(-c2ccccc2)c(N=S)c1. The third kappa shape index (κ3) is 2.07. The van der Waals surface area contributed by atoms with Gasteiger partial charge < -0.3 is 0 Å². The van der Waals surface area contributed by atoms with Crippen molar-refractivity contribution in [1.29, 1.82) is 0 Å². The fraction of sp³-hybridized carbons (Fsp3) is 0. The molecule has 0 saturated heterocycles. The van der Waals surface area contributed by atoms with Crippen LogP contribution in [-0.2, 0) is 12.4 Å². The molecule has 0 saturated carbocycles. The first-order valence-electron chi connectivity index (χ1n) is 4.49. The molecule has 0 N–H and O–H groups in total. The molecule has 0 amide bonds. The zero-order valence-electron chi connectivity index (χ0n) is 7.85. The Morgan fingerprint density at radius 2 is 1.73 bits per heavy atom. The van der Waals surface area contributed by atoms with Gasteiger partial charge in [-0.3, -0.25) is 0 Å². The largest absolute Gasteiger partial charge is 0.207 e. The van der Waals surface area contributed by atoms with Crippen molar-refractivity contribution in [1.82, 2.24) is 0 Å². The summed E-state index contributed by atoms with van der Waals surface area (Å²) in [6.07, 6.45) is 0. The van der Waals surface area contributed by atoms with E-state index in [0.29, 0.717) is 5.69 Å². The summed E-state index contributed by atoms with van der Waals surface area (Å²) < 4.78 is 16.6. The fourth-order valence-electron chi connectivity index (χ4n) is 1.44. The standard InChI is InChI=1S/C12H8FNS/c13-10-6-7-11(12(8-10)14-15)9-4-2-1-3-5-9/h1-8H. The van der Waals surface area contributed by atoms with Crippen molar-refractivity contribution < 1.29 is 4.39 Å². The van der Waals surface area contributed by atoms with E-state index in [9.17, 15) is 4.39 Å². The third-order valence-corrected chi connectivity index (χ3v) is 2.34. The highest BCUT2D eigenvalue weighted by atomic mass is 32.1. The summed E-state index contributed by atoms with van der Waals surface area (Å²) in [5.74, 6) is -0.321. The molecular weight excluding hydrogens is 209 g/mol. The van der Waals surface area contributed by atoms with Crippen molar-refractivity contribution in [3.05, 3.63) is 54.3 Å². The molecule has 0 spiro atoms. The van der Waals surface area contributed by atoms with E-state index in [1.807, 2.05) is 30.3 Å². The molecule has 0 radical (unpaired) electrons. The second kappa shape index (κ2) is 4.28. The monoisotopic (exact) mass is 217 g/mol. The van der Waals surface area contributed by atoms with E-state index in [4.69, 9.17) is 0 Å². The average molecular weight is 217 g/mol. The van der Waals surface area contributed by atoms with Gasteiger partial charge in [-0.1, -0.05) is 30.3 Å². The molecule has 74 valence electrons. The molecule has 0 bridgehead atoms. The topological polar surface area (TPSA) is 12.4 Å². The van der Waals surface area contributed by atoms with Gasteiger partial charge in [0.15, 0.2) is 0 Å². The van der Waals surface area contributed by atoms with Crippen LogP contribution < -0.4 is 0 Å². The molecule has 15 heavy (non-hydrogen) atoms. The number of hydrogen-bond acceptors (Lipinski definition) is 2. The van der Waals surface area contributed by atoms with Crippen LogP contribution in [0.15, 0.2) is 52.9 Å². The number of nitrogens with zero attached hydrogens (tertiary/aromatic N) is 1. The van der Waals surface area contributed by atoms with Gasteiger partial charge in [-0.25, -0.2) is 4.39 Å². The lowest BCUT2D eigenvalue weighted by atomic mass is 10.0. The van der Waals surface area contributed by atoms with Crippen LogP contribution >= 0.6 is 0 Å². The number of halogens is 1. The lowest BCUT2D eigenvalue weighted by Crippen LogP contribution is -1.80. The Balaban J connectivity index is 2.58. The molecule has 0 aliphatic rings. The molecule has 2 aromatic rings. The highest BCUT2D eigenvalue weighted by molar-refractivity contribution is 7.47. The molecule has 0 unspecified atom stereocenters. The molecule has 3 heteroatoms. The molecule has 0 aliphatic carbocycles. The average Bonchev–Trinajstić information content (AvgIpc) is 2.30. The summed E-state index contributed by atoms with van der Waals surface area (Å²) in [7, 11) is 0. The summed E-state index contributed by atoms with van der Waals surface area (Å²) in [5.41, 5.74) is 2.34. The quantitative estimate of drug-likeness (QED) is 0.744. The number of benzene rings is 2. The van der Waals surface area contributed by atoms with Crippen LogP contribution in [0, 0.1) is 5.82 Å². The Labute approximate surface area is 92.7 Å². The summed E-state index contributed by atoms with van der Waals surface area (Å²) in [6, 6.07) is 14.1. The smallest absolute Gasteiger partial charge is 0.125 e. The summed E-state index contributed by atoms with van der Waals surface area (Å²) in [4.78, 5) is 0. The van der Waals surface area contributed by atoms with Crippen LogP contribution in [0.5, 0.6) is 0 Å². The van der Waals surface area contributed by atoms with E-state index in [-0.39, 0.29) is 5.82 Å². The van der Waals surface area contributed by atoms with Gasteiger partial charge in [-0.05, 0) is 17.7 Å². The predicted octanol–water partition coefficient (Wildman–Crippen LogP) is 3.85. The Kier molecular flexibility index (Phi) is 2.83. The van der Waals surface area contributed by atoms with E-state index in [0.717, 1.165) is 11.1 Å². The maximum absolute atomic E-state index is 12.9. The highest BCUT2D eigenvalue weighted by Gasteiger charge is 2.04. The molecule has 1 nitrogen and oxygen atoms in total. The van der Waals surface area contributed by atoms with Crippen LogP contribution in [0.1, 0.15) is 0 Å². The van der Waals surface area contributed by atoms with Gasteiger partial charge in [-0.2, -0.15) is 4.36 Å². The van der Waals surface area contributed by atoms with Crippen molar-refractivity contribution >= 4 is 18.1 Å². The Bertz CT molecular complexity index is 482. The van der Waals surface area contributed by atoms with Crippen molar-refractivity contribution in [2.24, 2.45) is 4.36 Å². The van der Waals surface area contributed by atoms with Crippen LogP contribution in [0.25, 0.3) is 11.1 Å². The lowest BCUT2D eigenvalue weighted by molar-refractivity contribution is 0.628. The predicted molar refractivity (Wildman–Crippen MR) is 61.3 cm³/mol. The maximum atomic E-state index is 12.9. The zero-order chi connectivity index (χ0) is 10.7. The summed E-state index contributed by atoms with van der Waals surface area (Å²) >= 11 is 4.62. The van der Waals surface area contributed by atoms with Crippen molar-refractivity contribution in [2.45, 2.75) is 0 Å². The van der Waals surface area contributed by atoms with Gasteiger partial charge in [0.1, 0.15) is 5.82 Å². The number of rotatable bonds is 2. The minimum absolute atomic E-state index is 0.321. The molecule has 2 rings (SSSR count). The zero-order valence-corrected chi connectivity index (χ0v) is 8.67. The fourth-order valence-corrected chi connectivity index (χ4v) is 1.59. The van der Waals surface area contributed by atoms with Gasteiger partial charge in [0.25, 0.3) is 0 Å². The van der Waals surface area contributed by atoms with Crippen LogP contribution in [0.2, 0.25) is 0 Å². The van der Waals surface area contributed by atoms with Crippen LogP contribution in [-0.4, -0.2) is 0 Å². The van der Waals surface area contributed by atoms with Gasteiger partial charge in [0.2, 0.25) is 0 Å². The first-order chi connectivity index (χ1) is 7.31. The molecule has 2 aromatic carbocycles. The first-order valence-corrected chi connectivity index (χ1v) is 4.86. The minimum atomic E-state index is -0.321. The maximum Gasteiger partial charge on any atom is 0.125 e. The molecule has 0 aromatic heterocycles. The second-order valence-electron chi connectivity index (χ2n) is 3.12. The van der Waals surface area contributed by atoms with Gasteiger partial charge >= 0.3 is 0 Å². The van der Waals surface area contributed by atoms with Crippen molar-refractivity contribution in [3.63, 3.8) is 0 Å². The Morgan fingerprint density at radius 1 is 1.00 bits per heavy atom. The number of hydrogen-bond donors (Lipinski definition) is 0. The van der Waals surface area contributed by atoms with E-state index in [2.05, 4.69) is 16.8 Å². The summed E-state index contributed by atoms with van der Waals surface area (Å²) in [6.45, 7) is 0. The third-order valence-electron chi connectivity index (χ3n) is 2.14. The normalized spacial score (nSPS) is 9.93. The molecule has 0 aliphatic heterocycles. The Morgan fingerprint density at radius 3 is 2.40 bits per heavy atom. The van der Waals surface area contributed by atoms with E-state index >= 15 is 0 Å². The second-order valence-corrected chi connectivity index (χ2v) is 3.30. The molecule has 0 heterocycles. The van der Waals surface area contributed by atoms with E-state index in [1.165, 1.54) is 12.1 Å².